The van der Waals surface area contributed by atoms with Gasteiger partial charge in [0.2, 0.25) is 11.8 Å². The van der Waals surface area contributed by atoms with Crippen LogP contribution in [0.15, 0.2) is 59.1 Å². The highest BCUT2D eigenvalue weighted by Gasteiger charge is 2.37. The SMILES string of the molecule is CN(C)C(=O)CNCc1nccn1-c1ccc(N2CC[C@H](NS(=O)(=O)c3cc4ccc(Cl)cc4s3)C2=O)c(F)c1.O=CO. The Hall–Kier alpha value is -3.89. The molecule has 1 aliphatic heterocycles. The molecule has 4 aromatic rings. The molecule has 0 radical (unpaired) electrons. The van der Waals surface area contributed by atoms with Crippen molar-refractivity contribution in [3.63, 3.8) is 0 Å². The molecule has 12 nitrogen and oxygen atoms in total. The summed E-state index contributed by atoms with van der Waals surface area (Å²) in [5.41, 5.74) is 0.548. The van der Waals surface area contributed by atoms with E-state index < -0.39 is 27.8 Å². The first-order chi connectivity index (χ1) is 20.4. The van der Waals surface area contributed by atoms with Crippen LogP contribution in [-0.4, -0.2) is 79.5 Å². The minimum atomic E-state index is -3.98. The van der Waals surface area contributed by atoms with Gasteiger partial charge in [0, 0.05) is 54.5 Å². The molecule has 0 unspecified atom stereocenters. The summed E-state index contributed by atoms with van der Waals surface area (Å²) >= 11 is 7.07. The number of imidazole rings is 1. The third-order valence-corrected chi connectivity index (χ3v) is 9.78. The summed E-state index contributed by atoms with van der Waals surface area (Å²) in [4.78, 5) is 40.3. The first-order valence-corrected chi connectivity index (χ1v) is 15.5. The normalized spacial score (nSPS) is 14.9. The molecule has 0 spiro atoms. The fourth-order valence-corrected chi connectivity index (χ4v) is 7.31. The Balaban J connectivity index is 0.00000135. The third kappa shape index (κ3) is 7.37. The van der Waals surface area contributed by atoms with Gasteiger partial charge in [-0.1, -0.05) is 17.7 Å². The van der Waals surface area contributed by atoms with E-state index in [4.69, 9.17) is 21.5 Å². The fourth-order valence-electron chi connectivity index (χ4n) is 4.39. The monoisotopic (exact) mass is 650 g/mol. The Labute approximate surface area is 255 Å². The highest BCUT2D eigenvalue weighted by Crippen LogP contribution is 2.32. The van der Waals surface area contributed by atoms with E-state index in [9.17, 15) is 18.0 Å². The van der Waals surface area contributed by atoms with Crippen LogP contribution in [0.5, 0.6) is 0 Å². The van der Waals surface area contributed by atoms with Crippen LogP contribution in [0.4, 0.5) is 10.1 Å². The van der Waals surface area contributed by atoms with E-state index in [1.54, 1.807) is 55.3 Å². The van der Waals surface area contributed by atoms with Crippen molar-refractivity contribution in [2.24, 2.45) is 0 Å². The lowest BCUT2D eigenvalue weighted by Gasteiger charge is -2.19. The van der Waals surface area contributed by atoms with Crippen LogP contribution >= 0.6 is 22.9 Å². The van der Waals surface area contributed by atoms with Crippen molar-refractivity contribution < 1.29 is 32.3 Å². The van der Waals surface area contributed by atoms with Gasteiger partial charge in [0.05, 0.1) is 18.8 Å². The van der Waals surface area contributed by atoms with Crippen molar-refractivity contribution in [1.29, 1.82) is 0 Å². The van der Waals surface area contributed by atoms with Crippen molar-refractivity contribution >= 4 is 67.0 Å². The van der Waals surface area contributed by atoms with Gasteiger partial charge in [0.1, 0.15) is 21.9 Å². The fraction of sp³-hybridized carbons (Fsp3) is 0.259. The number of sulfonamides is 1. The van der Waals surface area contributed by atoms with E-state index in [1.807, 2.05) is 0 Å². The predicted octanol–water partition coefficient (Wildman–Crippen LogP) is 2.84. The van der Waals surface area contributed by atoms with Crippen LogP contribution in [0.1, 0.15) is 12.2 Å². The number of amides is 2. The van der Waals surface area contributed by atoms with Crippen LogP contribution in [0, 0.1) is 5.82 Å². The van der Waals surface area contributed by atoms with E-state index in [2.05, 4.69) is 15.0 Å². The van der Waals surface area contributed by atoms with Crippen molar-refractivity contribution in [2.45, 2.75) is 23.2 Å². The smallest absolute Gasteiger partial charge is 0.290 e. The Bertz CT molecular complexity index is 1760. The molecular formula is C27H28ClFN6O6S2. The number of likely N-dealkylation sites (N-methyl/N-ethyl adjacent to an activating group) is 1. The average molecular weight is 651 g/mol. The third-order valence-electron chi connectivity index (χ3n) is 6.50. The summed E-state index contributed by atoms with van der Waals surface area (Å²) < 4.78 is 46.3. The molecule has 16 heteroatoms. The molecule has 43 heavy (non-hydrogen) atoms. The van der Waals surface area contributed by atoms with Crippen LogP contribution < -0.4 is 14.9 Å². The molecule has 2 aromatic carbocycles. The first-order valence-electron chi connectivity index (χ1n) is 12.8. The number of carbonyl (C=O) groups excluding carboxylic acids is 2. The van der Waals surface area contributed by atoms with E-state index in [0.717, 1.165) is 16.7 Å². The van der Waals surface area contributed by atoms with Gasteiger partial charge in [0.25, 0.3) is 16.5 Å². The number of nitrogens with zero attached hydrogens (tertiary/aromatic N) is 4. The van der Waals surface area contributed by atoms with Gasteiger partial charge < -0.3 is 24.8 Å². The number of nitrogens with one attached hydrogen (secondary N) is 2. The van der Waals surface area contributed by atoms with Crippen molar-refractivity contribution in [3.8, 4) is 5.69 Å². The number of carbonyl (C=O) groups is 3. The van der Waals surface area contributed by atoms with Gasteiger partial charge in [0.15, 0.2) is 0 Å². The second kappa shape index (κ2) is 13.6. The number of hydrogen-bond acceptors (Lipinski definition) is 8. The van der Waals surface area contributed by atoms with Crippen LogP contribution in [0.25, 0.3) is 15.8 Å². The highest BCUT2D eigenvalue weighted by atomic mass is 35.5. The molecular weight excluding hydrogens is 623 g/mol. The van der Waals surface area contributed by atoms with E-state index in [1.165, 1.54) is 28.0 Å². The van der Waals surface area contributed by atoms with Gasteiger partial charge in [-0.3, -0.25) is 14.4 Å². The van der Waals surface area contributed by atoms with E-state index in [-0.39, 0.29) is 48.3 Å². The predicted molar refractivity (Wildman–Crippen MR) is 161 cm³/mol. The summed E-state index contributed by atoms with van der Waals surface area (Å²) in [7, 11) is -0.649. The van der Waals surface area contributed by atoms with Crippen molar-refractivity contribution in [1.82, 2.24) is 24.5 Å². The zero-order valence-corrected chi connectivity index (χ0v) is 25.4. The number of anilines is 1. The quantitative estimate of drug-likeness (QED) is 0.234. The summed E-state index contributed by atoms with van der Waals surface area (Å²) in [5, 5.41) is 11.1. The Morgan fingerprint density at radius 3 is 2.70 bits per heavy atom. The van der Waals surface area contributed by atoms with Gasteiger partial charge in [-0.2, -0.15) is 4.72 Å². The largest absolute Gasteiger partial charge is 0.483 e. The molecule has 3 N–H and O–H groups in total. The summed E-state index contributed by atoms with van der Waals surface area (Å²) in [6.45, 7) is 0.325. The molecule has 0 aliphatic carbocycles. The second-order valence-electron chi connectivity index (χ2n) is 9.55. The second-order valence-corrected chi connectivity index (χ2v) is 13.0. The number of rotatable bonds is 9. The maximum atomic E-state index is 15.3. The summed E-state index contributed by atoms with van der Waals surface area (Å²) in [5.74, 6) is -0.671. The minimum Gasteiger partial charge on any atom is -0.483 e. The molecule has 0 saturated carbocycles. The molecule has 1 saturated heterocycles. The zero-order valence-electron chi connectivity index (χ0n) is 23.0. The maximum absolute atomic E-state index is 15.3. The van der Waals surface area contributed by atoms with Crippen molar-refractivity contribution in [2.75, 3.05) is 32.1 Å². The van der Waals surface area contributed by atoms with Gasteiger partial charge in [-0.05, 0) is 42.1 Å². The Morgan fingerprint density at radius 1 is 1.26 bits per heavy atom. The van der Waals surface area contributed by atoms with E-state index in [0.29, 0.717) is 21.2 Å². The summed E-state index contributed by atoms with van der Waals surface area (Å²) in [6, 6.07) is 10.0. The first kappa shape index (κ1) is 32.0. The zero-order chi connectivity index (χ0) is 31.3. The van der Waals surface area contributed by atoms with Gasteiger partial charge in [-0.15, -0.1) is 11.3 Å². The Kier molecular flexibility index (Phi) is 10.1. The molecule has 1 atom stereocenters. The van der Waals surface area contributed by atoms with Crippen LogP contribution in [0.3, 0.4) is 0 Å². The lowest BCUT2D eigenvalue weighted by molar-refractivity contribution is -0.127. The molecule has 228 valence electrons. The van der Waals surface area contributed by atoms with Gasteiger partial charge in [-0.25, -0.2) is 17.8 Å². The molecule has 2 amide bonds. The number of aromatic nitrogens is 2. The van der Waals surface area contributed by atoms with E-state index >= 15 is 4.39 Å². The number of carboxylic acid groups (broad SMARTS) is 1. The number of halogens is 2. The number of fused-ring (bicyclic) bond motifs is 1. The molecule has 1 fully saturated rings. The minimum absolute atomic E-state index is 0.0586. The Morgan fingerprint density at radius 2 is 2.00 bits per heavy atom. The van der Waals surface area contributed by atoms with Crippen LogP contribution in [-0.2, 0) is 31.0 Å². The highest BCUT2D eigenvalue weighted by molar-refractivity contribution is 7.91. The lowest BCUT2D eigenvalue weighted by Crippen LogP contribution is -2.41. The van der Waals surface area contributed by atoms with Gasteiger partial charge >= 0.3 is 0 Å². The molecule has 2 aromatic heterocycles. The summed E-state index contributed by atoms with van der Waals surface area (Å²) in [6.07, 6.45) is 3.44. The molecule has 0 bridgehead atoms. The topological polar surface area (TPSA) is 154 Å². The number of thiophene rings is 1. The lowest BCUT2D eigenvalue weighted by atomic mass is 10.2. The van der Waals surface area contributed by atoms with Crippen LogP contribution in [0.2, 0.25) is 5.02 Å². The molecule has 5 rings (SSSR count). The van der Waals surface area contributed by atoms with Crippen molar-refractivity contribution in [3.05, 3.63) is 71.5 Å². The molecule has 3 heterocycles. The number of benzene rings is 2. The average Bonchev–Trinajstić information content (AvgIpc) is 3.68. The molecule has 1 aliphatic rings. The standard InChI is InChI=1S/C26H26ClFN6O4S2.CH2O2/c1-32(2)24(35)15-29-14-23-30-8-10-33(23)18-5-6-21(19(28)13-18)34-9-7-20(26(34)36)31-40(37,38)25-11-16-3-4-17(27)12-22(16)39-25;2-1-3/h3-6,8,10-13,20,29,31H,7,9,14-15H2,1-2H3;1H,(H,2,3)/t20-;/m0./s1. The maximum Gasteiger partial charge on any atom is 0.290 e. The number of hydrogen-bond donors (Lipinski definition) is 3.